The van der Waals surface area contributed by atoms with Crippen LogP contribution in [0.1, 0.15) is 27.0 Å². The van der Waals surface area contributed by atoms with E-state index in [1.165, 1.54) is 45.1 Å². The van der Waals surface area contributed by atoms with Gasteiger partial charge in [0.2, 0.25) is 0 Å². The Morgan fingerprint density at radius 3 is 1.55 bits per heavy atom. The Morgan fingerprint density at radius 2 is 1.12 bits per heavy atom. The average molecular weight is 839 g/mol. The predicted molar refractivity (Wildman–Crippen MR) is 225 cm³/mol. The van der Waals surface area contributed by atoms with Crippen molar-refractivity contribution >= 4 is 29.4 Å². The van der Waals surface area contributed by atoms with Crippen LogP contribution in [-0.4, -0.2) is 56.4 Å². The van der Waals surface area contributed by atoms with Crippen LogP contribution in [0.4, 0.5) is 13.2 Å². The van der Waals surface area contributed by atoms with Gasteiger partial charge in [0.05, 0.1) is 31.9 Å². The molecule has 2 atom stereocenters. The third-order valence-corrected chi connectivity index (χ3v) is 9.75. The second kappa shape index (κ2) is 20.4. The van der Waals surface area contributed by atoms with Gasteiger partial charge in [-0.15, -0.1) is 0 Å². The number of hydrogen-bond donors (Lipinski definition) is 3. The van der Waals surface area contributed by atoms with E-state index in [9.17, 15) is 32.7 Å². The van der Waals surface area contributed by atoms with Crippen molar-refractivity contribution in [3.8, 4) is 44.9 Å². The topological polar surface area (TPSA) is 137 Å². The molecule has 0 radical (unpaired) electrons. The summed E-state index contributed by atoms with van der Waals surface area (Å²) in [4.78, 5) is 36.9. The van der Waals surface area contributed by atoms with Crippen molar-refractivity contribution in [1.29, 1.82) is 0 Å². The maximum absolute atomic E-state index is 13.5. The lowest BCUT2D eigenvalue weighted by Gasteiger charge is -2.21. The molecule has 13 heteroatoms. The van der Waals surface area contributed by atoms with Crippen LogP contribution < -0.4 is 20.5 Å². The number of methoxy groups -OCH3 is 3. The molecule has 0 aromatic heterocycles. The van der Waals surface area contributed by atoms with Crippen molar-refractivity contribution in [3.05, 3.63) is 167 Å². The number of halogens is 4. The summed E-state index contributed by atoms with van der Waals surface area (Å²) < 4.78 is 54.7. The zero-order chi connectivity index (χ0) is 43.4. The van der Waals surface area contributed by atoms with Gasteiger partial charge in [-0.25, -0.2) is 4.79 Å². The number of nitrogens with one attached hydrogen (secondary N) is 1. The van der Waals surface area contributed by atoms with E-state index in [0.29, 0.717) is 17.5 Å². The fourth-order valence-electron chi connectivity index (χ4n) is 6.37. The third-order valence-electron chi connectivity index (χ3n) is 9.47. The summed E-state index contributed by atoms with van der Waals surface area (Å²) in [5, 5.41) is 12.4. The van der Waals surface area contributed by atoms with Gasteiger partial charge in [0.15, 0.2) is 5.75 Å². The summed E-state index contributed by atoms with van der Waals surface area (Å²) in [6.45, 7) is 0. The standard InChI is InChI=1S/C31H25ClF3NO5.C16H17NO2/c1-40-27-23(21-12-14-22(15-13-21)31(33,34)35)17-24(32)28(41-2)26(27)29(37)36-25(30(38)39)16-18-8-10-20(11-9-18)19-6-4-3-5-7-19;1-19-16(18)15(17)11-12-7-9-14(10-8-12)13-5-3-2-4-6-13/h3-15,17,25H,16H2,1-2H3,(H,36,37)(H,38,39);2-10,15H,11,17H2,1H3. The number of esters is 1. The molecule has 4 N–H and O–H groups in total. The third kappa shape index (κ3) is 11.3. The van der Waals surface area contributed by atoms with Gasteiger partial charge in [-0.05, 0) is 63.6 Å². The minimum atomic E-state index is -4.53. The summed E-state index contributed by atoms with van der Waals surface area (Å²) in [5.41, 5.74) is 11.2. The van der Waals surface area contributed by atoms with Crippen molar-refractivity contribution in [1.82, 2.24) is 5.32 Å². The van der Waals surface area contributed by atoms with Crippen LogP contribution in [0, 0.1) is 0 Å². The lowest BCUT2D eigenvalue weighted by atomic mass is 9.98. The maximum atomic E-state index is 13.5. The normalized spacial score (nSPS) is 11.9. The molecule has 0 aliphatic carbocycles. The molecule has 0 heterocycles. The Hall–Kier alpha value is -6.63. The Kier molecular flexibility index (Phi) is 15.1. The summed E-state index contributed by atoms with van der Waals surface area (Å²) in [7, 11) is 3.90. The molecular formula is C47H42ClF3N2O7. The molecule has 0 aliphatic rings. The first kappa shape index (κ1) is 44.5. The molecule has 6 rings (SSSR count). The van der Waals surface area contributed by atoms with Crippen molar-refractivity contribution in [2.24, 2.45) is 5.73 Å². The zero-order valence-corrected chi connectivity index (χ0v) is 33.6. The van der Waals surface area contributed by atoms with E-state index >= 15 is 0 Å². The Bertz CT molecular complexity index is 2380. The van der Waals surface area contributed by atoms with Gasteiger partial charge in [-0.3, -0.25) is 9.59 Å². The molecule has 0 aliphatic heterocycles. The predicted octanol–water partition coefficient (Wildman–Crippen LogP) is 9.53. The van der Waals surface area contributed by atoms with Crippen LogP contribution in [0.15, 0.2) is 140 Å². The van der Waals surface area contributed by atoms with E-state index in [1.54, 1.807) is 12.1 Å². The van der Waals surface area contributed by atoms with Gasteiger partial charge in [0.25, 0.3) is 5.91 Å². The molecule has 310 valence electrons. The van der Waals surface area contributed by atoms with Crippen LogP contribution >= 0.6 is 11.6 Å². The fraction of sp³-hybridized carbons (Fsp3) is 0.170. The first-order valence-corrected chi connectivity index (χ1v) is 18.9. The number of carboxylic acid groups (broad SMARTS) is 1. The second-order valence-electron chi connectivity index (χ2n) is 13.5. The Labute approximate surface area is 350 Å². The average Bonchev–Trinajstić information content (AvgIpc) is 3.26. The van der Waals surface area contributed by atoms with Crippen molar-refractivity contribution < 1.29 is 46.9 Å². The van der Waals surface area contributed by atoms with E-state index in [0.717, 1.165) is 34.4 Å². The van der Waals surface area contributed by atoms with Crippen LogP contribution in [-0.2, 0) is 33.3 Å². The number of nitrogens with two attached hydrogens (primary N) is 1. The van der Waals surface area contributed by atoms with Gasteiger partial charge in [-0.1, -0.05) is 133 Å². The largest absolute Gasteiger partial charge is 0.495 e. The number of rotatable bonds is 13. The number of amides is 1. The highest BCUT2D eigenvalue weighted by molar-refractivity contribution is 6.33. The van der Waals surface area contributed by atoms with Gasteiger partial charge in [0.1, 0.15) is 23.4 Å². The number of aliphatic carboxylic acids is 1. The molecule has 0 fully saturated rings. The van der Waals surface area contributed by atoms with Crippen molar-refractivity contribution in [2.45, 2.75) is 31.1 Å². The minimum Gasteiger partial charge on any atom is -0.495 e. The van der Waals surface area contributed by atoms with E-state index in [-0.39, 0.29) is 40.0 Å². The Balaban J connectivity index is 0.000000299. The molecule has 60 heavy (non-hydrogen) atoms. The van der Waals surface area contributed by atoms with Crippen LogP contribution in [0.3, 0.4) is 0 Å². The highest BCUT2D eigenvalue weighted by Crippen LogP contribution is 2.44. The number of carbonyl (C=O) groups excluding carboxylic acids is 2. The quantitative estimate of drug-likeness (QED) is 0.0979. The first-order valence-electron chi connectivity index (χ1n) is 18.5. The molecule has 2 unspecified atom stereocenters. The second-order valence-corrected chi connectivity index (χ2v) is 13.9. The Morgan fingerprint density at radius 1 is 0.667 bits per heavy atom. The molecular weight excluding hydrogens is 797 g/mol. The van der Waals surface area contributed by atoms with Crippen molar-refractivity contribution in [3.63, 3.8) is 0 Å². The number of benzene rings is 6. The van der Waals surface area contributed by atoms with E-state index < -0.39 is 35.7 Å². The summed E-state index contributed by atoms with van der Waals surface area (Å²) in [6, 6.07) is 38.9. The van der Waals surface area contributed by atoms with Gasteiger partial charge >= 0.3 is 18.1 Å². The summed E-state index contributed by atoms with van der Waals surface area (Å²) in [6.07, 6.45) is -4.06. The van der Waals surface area contributed by atoms with Crippen LogP contribution in [0.25, 0.3) is 33.4 Å². The molecule has 0 saturated heterocycles. The molecule has 0 bridgehead atoms. The maximum Gasteiger partial charge on any atom is 0.416 e. The lowest BCUT2D eigenvalue weighted by molar-refractivity contribution is -0.142. The summed E-state index contributed by atoms with van der Waals surface area (Å²) in [5.74, 6) is -2.61. The molecule has 1 amide bonds. The SMILES string of the molecule is COC(=O)C(N)Cc1ccc(-c2ccccc2)cc1.COc1c(Cl)cc(-c2ccc(C(F)(F)F)cc2)c(OC)c1C(=O)NC(Cc1ccc(-c2ccccc2)cc1)C(=O)O. The molecule has 0 saturated carbocycles. The summed E-state index contributed by atoms with van der Waals surface area (Å²) >= 11 is 6.40. The zero-order valence-electron chi connectivity index (χ0n) is 32.8. The van der Waals surface area contributed by atoms with Gasteiger partial charge < -0.3 is 30.4 Å². The van der Waals surface area contributed by atoms with Crippen molar-refractivity contribution in [2.75, 3.05) is 21.3 Å². The number of ether oxygens (including phenoxy) is 3. The molecule has 6 aromatic rings. The van der Waals surface area contributed by atoms with Crippen LogP contribution in [0.5, 0.6) is 11.5 Å². The number of alkyl halides is 3. The number of hydrogen-bond acceptors (Lipinski definition) is 7. The molecule has 6 aromatic carbocycles. The lowest BCUT2D eigenvalue weighted by Crippen LogP contribution is -2.42. The number of carboxylic acids is 1. The van der Waals surface area contributed by atoms with E-state index in [1.807, 2.05) is 84.9 Å². The first-order chi connectivity index (χ1) is 28.7. The van der Waals surface area contributed by atoms with Gasteiger partial charge in [-0.2, -0.15) is 13.2 Å². The molecule has 9 nitrogen and oxygen atoms in total. The van der Waals surface area contributed by atoms with Gasteiger partial charge in [0, 0.05) is 12.0 Å². The van der Waals surface area contributed by atoms with E-state index in [4.69, 9.17) is 26.8 Å². The molecule has 0 spiro atoms. The van der Waals surface area contributed by atoms with Crippen LogP contribution in [0.2, 0.25) is 5.02 Å². The monoisotopic (exact) mass is 838 g/mol. The fourth-order valence-corrected chi connectivity index (χ4v) is 6.65. The highest BCUT2D eigenvalue weighted by atomic mass is 35.5. The minimum absolute atomic E-state index is 0.0169. The smallest absolute Gasteiger partial charge is 0.416 e. The number of carbonyl (C=O) groups is 3. The highest BCUT2D eigenvalue weighted by Gasteiger charge is 2.32. The van der Waals surface area contributed by atoms with E-state index in [2.05, 4.69) is 22.2 Å².